The Morgan fingerprint density at radius 2 is 1.87 bits per heavy atom. The molecule has 0 saturated heterocycles. The number of benzene rings is 2. The second-order valence-electron chi connectivity index (χ2n) is 5.63. The van der Waals surface area contributed by atoms with E-state index < -0.39 is 0 Å². The first-order chi connectivity index (χ1) is 11.1. The maximum atomic E-state index is 6.19. The topological polar surface area (TPSA) is 42.2 Å². The quantitative estimate of drug-likeness (QED) is 0.699. The largest absolute Gasteiger partial charge is 0.419 e. The number of nitrogens with zero attached hydrogens (tertiary/aromatic N) is 3. The zero-order valence-corrected chi connectivity index (χ0v) is 13.9. The first-order valence-electron chi connectivity index (χ1n) is 7.43. The Hall–Kier alpha value is -2.17. The highest BCUT2D eigenvalue weighted by molar-refractivity contribution is 6.31. The number of aromatic nitrogens is 2. The van der Waals surface area contributed by atoms with E-state index in [1.54, 1.807) is 0 Å². The minimum absolute atomic E-state index is 0.551. The first-order valence-corrected chi connectivity index (χ1v) is 7.81. The van der Waals surface area contributed by atoms with Gasteiger partial charge >= 0.3 is 0 Å². The van der Waals surface area contributed by atoms with Crippen molar-refractivity contribution in [3.63, 3.8) is 0 Å². The number of hydrogen-bond donors (Lipinski definition) is 0. The Morgan fingerprint density at radius 3 is 2.65 bits per heavy atom. The van der Waals surface area contributed by atoms with Crippen molar-refractivity contribution >= 4 is 11.6 Å². The summed E-state index contributed by atoms with van der Waals surface area (Å²) in [7, 11) is 2.00. The Bertz CT molecular complexity index is 800. The van der Waals surface area contributed by atoms with Crippen molar-refractivity contribution in [1.29, 1.82) is 0 Å². The third-order valence-electron chi connectivity index (χ3n) is 3.54. The highest BCUT2D eigenvalue weighted by atomic mass is 35.5. The van der Waals surface area contributed by atoms with Crippen LogP contribution in [0.1, 0.15) is 17.0 Å². The average Bonchev–Trinajstić information content (AvgIpc) is 2.98. The van der Waals surface area contributed by atoms with Crippen molar-refractivity contribution < 1.29 is 4.42 Å². The van der Waals surface area contributed by atoms with Gasteiger partial charge in [-0.15, -0.1) is 10.2 Å². The summed E-state index contributed by atoms with van der Waals surface area (Å²) in [6.07, 6.45) is 0. The van der Waals surface area contributed by atoms with Crippen LogP contribution >= 0.6 is 11.6 Å². The van der Waals surface area contributed by atoms with Crippen molar-refractivity contribution in [2.24, 2.45) is 0 Å². The molecule has 0 aliphatic carbocycles. The van der Waals surface area contributed by atoms with E-state index in [4.69, 9.17) is 16.0 Å². The summed E-state index contributed by atoms with van der Waals surface area (Å²) in [5, 5.41) is 9.04. The van der Waals surface area contributed by atoms with E-state index in [1.807, 2.05) is 62.5 Å². The number of halogens is 1. The molecule has 1 aromatic heterocycles. The number of aryl methyl sites for hydroxylation is 1. The predicted octanol–water partition coefficient (Wildman–Crippen LogP) is 4.33. The SMILES string of the molecule is Cc1cccc(-c2nnc(CN(C)Cc3ccccc3Cl)o2)c1. The van der Waals surface area contributed by atoms with Crippen LogP contribution in [0.25, 0.3) is 11.5 Å². The number of rotatable bonds is 5. The fourth-order valence-corrected chi connectivity index (χ4v) is 2.61. The molecule has 4 nitrogen and oxygen atoms in total. The highest BCUT2D eigenvalue weighted by Crippen LogP contribution is 2.20. The monoisotopic (exact) mass is 327 g/mol. The van der Waals surface area contributed by atoms with E-state index in [2.05, 4.69) is 15.1 Å². The van der Waals surface area contributed by atoms with Gasteiger partial charge in [0.15, 0.2) is 0 Å². The summed E-state index contributed by atoms with van der Waals surface area (Å²) in [4.78, 5) is 2.09. The van der Waals surface area contributed by atoms with Gasteiger partial charge in [0.2, 0.25) is 11.8 Å². The standard InChI is InChI=1S/C18H18ClN3O/c1-13-6-5-8-14(10-13)18-21-20-17(23-18)12-22(2)11-15-7-3-4-9-16(15)19/h3-10H,11-12H2,1-2H3. The van der Waals surface area contributed by atoms with Gasteiger partial charge in [0.25, 0.3) is 0 Å². The van der Waals surface area contributed by atoms with E-state index in [-0.39, 0.29) is 0 Å². The zero-order valence-electron chi connectivity index (χ0n) is 13.2. The summed E-state index contributed by atoms with van der Waals surface area (Å²) in [5.74, 6) is 1.14. The number of hydrogen-bond acceptors (Lipinski definition) is 4. The van der Waals surface area contributed by atoms with Crippen LogP contribution in [0.15, 0.2) is 52.9 Å². The predicted molar refractivity (Wildman–Crippen MR) is 91.1 cm³/mol. The van der Waals surface area contributed by atoms with Gasteiger partial charge in [-0.2, -0.15) is 0 Å². The minimum Gasteiger partial charge on any atom is -0.419 e. The maximum absolute atomic E-state index is 6.19. The van der Waals surface area contributed by atoms with Gasteiger partial charge in [0.05, 0.1) is 6.54 Å². The second-order valence-corrected chi connectivity index (χ2v) is 6.04. The molecular formula is C18H18ClN3O. The maximum Gasteiger partial charge on any atom is 0.247 e. The lowest BCUT2D eigenvalue weighted by Crippen LogP contribution is -2.17. The molecule has 2 aromatic carbocycles. The lowest BCUT2D eigenvalue weighted by atomic mass is 10.1. The third kappa shape index (κ3) is 3.97. The molecule has 0 aliphatic rings. The van der Waals surface area contributed by atoms with Crippen LogP contribution < -0.4 is 0 Å². The molecule has 1 heterocycles. The van der Waals surface area contributed by atoms with Gasteiger partial charge in [-0.1, -0.05) is 47.5 Å². The van der Waals surface area contributed by atoms with Crippen LogP contribution in [0, 0.1) is 6.92 Å². The third-order valence-corrected chi connectivity index (χ3v) is 3.90. The van der Waals surface area contributed by atoms with E-state index >= 15 is 0 Å². The molecular weight excluding hydrogens is 310 g/mol. The summed E-state index contributed by atoms with van der Waals surface area (Å²) in [6, 6.07) is 15.9. The zero-order chi connectivity index (χ0) is 16.2. The van der Waals surface area contributed by atoms with Crippen molar-refractivity contribution in [2.75, 3.05) is 7.05 Å². The van der Waals surface area contributed by atoms with Gasteiger partial charge in [-0.05, 0) is 37.7 Å². The van der Waals surface area contributed by atoms with E-state index in [0.717, 1.165) is 28.3 Å². The lowest BCUT2D eigenvalue weighted by Gasteiger charge is -2.15. The van der Waals surface area contributed by atoms with E-state index in [1.165, 1.54) is 0 Å². The molecule has 0 bridgehead atoms. The molecule has 0 unspecified atom stereocenters. The van der Waals surface area contributed by atoms with Crippen molar-refractivity contribution in [3.05, 3.63) is 70.6 Å². The van der Waals surface area contributed by atoms with E-state index in [9.17, 15) is 0 Å². The van der Waals surface area contributed by atoms with Crippen LogP contribution in [-0.4, -0.2) is 22.1 Å². The van der Waals surface area contributed by atoms with Gasteiger partial charge in [0.1, 0.15) is 0 Å². The Balaban J connectivity index is 1.68. The summed E-state index contributed by atoms with van der Waals surface area (Å²) in [6.45, 7) is 3.34. The van der Waals surface area contributed by atoms with Crippen LogP contribution in [0.4, 0.5) is 0 Å². The molecule has 0 saturated carbocycles. The molecule has 3 rings (SSSR count). The lowest BCUT2D eigenvalue weighted by molar-refractivity contribution is 0.283. The molecule has 0 amide bonds. The average molecular weight is 328 g/mol. The first kappa shape index (κ1) is 15.7. The van der Waals surface area contributed by atoms with Crippen LogP contribution in [0.2, 0.25) is 5.02 Å². The smallest absolute Gasteiger partial charge is 0.247 e. The Morgan fingerprint density at radius 1 is 1.04 bits per heavy atom. The Labute approximate surface area is 140 Å². The van der Waals surface area contributed by atoms with E-state index in [0.29, 0.717) is 18.3 Å². The molecule has 0 aliphatic heterocycles. The molecule has 118 valence electrons. The summed E-state index contributed by atoms with van der Waals surface area (Å²) >= 11 is 6.19. The van der Waals surface area contributed by atoms with Crippen molar-refractivity contribution in [3.8, 4) is 11.5 Å². The second kappa shape index (κ2) is 6.94. The van der Waals surface area contributed by atoms with Crippen molar-refractivity contribution in [1.82, 2.24) is 15.1 Å². The van der Waals surface area contributed by atoms with Crippen molar-refractivity contribution in [2.45, 2.75) is 20.0 Å². The van der Waals surface area contributed by atoms with Gasteiger partial charge in [-0.25, -0.2) is 0 Å². The summed E-state index contributed by atoms with van der Waals surface area (Å²) < 4.78 is 5.77. The molecule has 0 N–H and O–H groups in total. The molecule has 0 radical (unpaired) electrons. The van der Waals surface area contributed by atoms with Crippen LogP contribution in [0.3, 0.4) is 0 Å². The van der Waals surface area contributed by atoms with Crippen LogP contribution in [-0.2, 0) is 13.1 Å². The summed E-state index contributed by atoms with van der Waals surface area (Å²) in [5.41, 5.74) is 3.19. The highest BCUT2D eigenvalue weighted by Gasteiger charge is 2.11. The normalized spacial score (nSPS) is 11.1. The van der Waals surface area contributed by atoms with Gasteiger partial charge in [-0.3, -0.25) is 4.90 Å². The molecule has 0 atom stereocenters. The van der Waals surface area contributed by atoms with Crippen LogP contribution in [0.5, 0.6) is 0 Å². The fourth-order valence-electron chi connectivity index (χ4n) is 2.42. The molecule has 0 spiro atoms. The fraction of sp³-hybridized carbons (Fsp3) is 0.222. The molecule has 3 aromatic rings. The van der Waals surface area contributed by atoms with Gasteiger partial charge in [0, 0.05) is 17.1 Å². The molecule has 23 heavy (non-hydrogen) atoms. The molecule has 0 fully saturated rings. The molecule has 5 heteroatoms. The minimum atomic E-state index is 0.551. The van der Waals surface area contributed by atoms with Gasteiger partial charge < -0.3 is 4.42 Å². The Kier molecular flexibility index (Phi) is 4.74.